The Morgan fingerprint density at radius 1 is 1.12 bits per heavy atom. The van der Waals surface area contributed by atoms with E-state index in [4.69, 9.17) is 11.6 Å². The molecule has 0 radical (unpaired) electrons. The number of azo groups is 1. The lowest BCUT2D eigenvalue weighted by molar-refractivity contribution is -0.114. The van der Waals surface area contributed by atoms with E-state index in [1.54, 1.807) is 12.1 Å². The van der Waals surface area contributed by atoms with Gasteiger partial charge in [0.1, 0.15) is 5.69 Å². The second-order valence-corrected chi connectivity index (χ2v) is 6.31. The highest BCUT2D eigenvalue weighted by Crippen LogP contribution is 2.39. The second-order valence-electron chi connectivity index (χ2n) is 4.90. The molecule has 0 atom stereocenters. The number of thiazole rings is 1. The number of aromatic nitrogens is 1. The molecule has 24 heavy (non-hydrogen) atoms. The molecule has 0 saturated carbocycles. The molecule has 2 aromatic carbocycles. The van der Waals surface area contributed by atoms with Gasteiger partial charge >= 0.3 is 0 Å². The van der Waals surface area contributed by atoms with Crippen LogP contribution < -0.4 is 5.32 Å². The molecule has 3 rings (SSSR count). The minimum atomic E-state index is -0.179. The summed E-state index contributed by atoms with van der Waals surface area (Å²) in [7, 11) is 0. The minimum Gasteiger partial charge on any atom is -0.302 e. The summed E-state index contributed by atoms with van der Waals surface area (Å²) in [6, 6.07) is 16.8. The van der Waals surface area contributed by atoms with Crippen LogP contribution in [0.1, 0.15) is 6.92 Å². The monoisotopic (exact) mass is 356 g/mol. The molecule has 0 fully saturated rings. The van der Waals surface area contributed by atoms with Crippen LogP contribution in [-0.2, 0) is 4.79 Å². The summed E-state index contributed by atoms with van der Waals surface area (Å²) in [6.07, 6.45) is 0. The third kappa shape index (κ3) is 4.04. The first-order valence-electron chi connectivity index (χ1n) is 7.13. The number of anilines is 1. The summed E-state index contributed by atoms with van der Waals surface area (Å²) in [4.78, 5) is 15.7. The summed E-state index contributed by atoms with van der Waals surface area (Å²) in [5, 5.41) is 12.9. The molecule has 0 bridgehead atoms. The van der Waals surface area contributed by atoms with E-state index in [0.717, 1.165) is 5.56 Å². The lowest BCUT2D eigenvalue weighted by Gasteiger charge is -1.97. The molecule has 5 nitrogen and oxygen atoms in total. The predicted molar refractivity (Wildman–Crippen MR) is 97.5 cm³/mol. The Morgan fingerprint density at radius 3 is 2.62 bits per heavy atom. The van der Waals surface area contributed by atoms with Crippen LogP contribution in [0.2, 0.25) is 5.02 Å². The second kappa shape index (κ2) is 7.33. The third-order valence-corrected chi connectivity index (χ3v) is 4.09. The molecule has 0 aliphatic carbocycles. The average Bonchev–Trinajstić information content (AvgIpc) is 2.96. The van der Waals surface area contributed by atoms with Gasteiger partial charge in [-0.25, -0.2) is 4.98 Å². The maximum Gasteiger partial charge on any atom is 0.223 e. The molecule has 1 aromatic heterocycles. The normalized spacial score (nSPS) is 10.9. The molecule has 3 aromatic rings. The van der Waals surface area contributed by atoms with Crippen molar-refractivity contribution in [3.05, 3.63) is 59.6 Å². The molecule has 1 amide bonds. The first-order valence-corrected chi connectivity index (χ1v) is 8.32. The van der Waals surface area contributed by atoms with E-state index < -0.39 is 0 Å². The van der Waals surface area contributed by atoms with E-state index in [1.807, 2.05) is 42.5 Å². The number of rotatable bonds is 4. The van der Waals surface area contributed by atoms with Gasteiger partial charge in [0.15, 0.2) is 10.1 Å². The highest BCUT2D eigenvalue weighted by molar-refractivity contribution is 7.19. The largest absolute Gasteiger partial charge is 0.302 e. The predicted octanol–water partition coefficient (Wildman–Crippen LogP) is 5.84. The molecule has 0 spiro atoms. The van der Waals surface area contributed by atoms with E-state index >= 15 is 0 Å². The van der Waals surface area contributed by atoms with Crippen LogP contribution in [0, 0.1) is 0 Å². The maximum absolute atomic E-state index is 11.3. The van der Waals surface area contributed by atoms with E-state index in [2.05, 4.69) is 20.5 Å². The summed E-state index contributed by atoms with van der Waals surface area (Å²) in [5.74, 6) is -0.179. The fraction of sp³-hybridized carbons (Fsp3) is 0.0588. The zero-order valence-corrected chi connectivity index (χ0v) is 14.3. The van der Waals surface area contributed by atoms with Crippen molar-refractivity contribution in [2.45, 2.75) is 6.92 Å². The Morgan fingerprint density at radius 2 is 1.92 bits per heavy atom. The molecule has 0 unspecified atom stereocenters. The van der Waals surface area contributed by atoms with Gasteiger partial charge in [-0.1, -0.05) is 59.3 Å². The van der Waals surface area contributed by atoms with Gasteiger partial charge in [0.2, 0.25) is 5.91 Å². The lowest BCUT2D eigenvalue weighted by Crippen LogP contribution is -2.04. The number of carbonyl (C=O) groups is 1. The van der Waals surface area contributed by atoms with Crippen molar-refractivity contribution in [2.75, 3.05) is 5.32 Å². The first-order chi connectivity index (χ1) is 11.6. The van der Waals surface area contributed by atoms with Crippen LogP contribution in [0.15, 0.2) is 64.8 Å². The SMILES string of the molecule is CC(=O)Nc1nc(-c2ccccc2)c(N=Nc2cccc(Cl)c2)s1. The van der Waals surface area contributed by atoms with Gasteiger partial charge in [0.05, 0.1) is 5.69 Å². The number of nitrogens with one attached hydrogen (secondary N) is 1. The topological polar surface area (TPSA) is 66.7 Å². The smallest absolute Gasteiger partial charge is 0.223 e. The van der Waals surface area contributed by atoms with Gasteiger partial charge in [-0.15, -0.1) is 10.2 Å². The number of carbonyl (C=O) groups excluding carboxylic acids is 1. The van der Waals surface area contributed by atoms with Crippen LogP contribution in [0.3, 0.4) is 0 Å². The Kier molecular flexibility index (Phi) is 4.98. The molecule has 120 valence electrons. The molecule has 1 N–H and O–H groups in total. The van der Waals surface area contributed by atoms with Gasteiger partial charge < -0.3 is 5.32 Å². The van der Waals surface area contributed by atoms with Gasteiger partial charge in [0.25, 0.3) is 0 Å². The maximum atomic E-state index is 11.3. The van der Waals surface area contributed by atoms with Gasteiger partial charge in [0, 0.05) is 17.5 Å². The molecule has 1 heterocycles. The number of nitrogens with zero attached hydrogens (tertiary/aromatic N) is 3. The Hall–Kier alpha value is -2.57. The fourth-order valence-electron chi connectivity index (χ4n) is 2.01. The lowest BCUT2D eigenvalue weighted by atomic mass is 10.2. The third-order valence-electron chi connectivity index (χ3n) is 3.00. The summed E-state index contributed by atoms with van der Waals surface area (Å²) in [5.41, 5.74) is 2.23. The first kappa shape index (κ1) is 16.3. The Bertz CT molecular complexity index is 893. The Labute approximate surface area is 148 Å². The highest BCUT2D eigenvalue weighted by Gasteiger charge is 2.13. The van der Waals surface area contributed by atoms with Crippen LogP contribution in [-0.4, -0.2) is 10.9 Å². The van der Waals surface area contributed by atoms with Crippen molar-refractivity contribution in [1.82, 2.24) is 4.98 Å². The molecule has 7 heteroatoms. The standard InChI is InChI=1S/C17H13ClN4OS/c1-11(23)19-17-20-15(12-6-3-2-4-7-12)16(24-17)22-21-14-9-5-8-13(18)10-14/h2-10H,1H3,(H,19,20,23). The van der Waals surface area contributed by atoms with E-state index in [9.17, 15) is 4.79 Å². The van der Waals surface area contributed by atoms with E-state index in [1.165, 1.54) is 18.3 Å². The van der Waals surface area contributed by atoms with Crippen molar-refractivity contribution < 1.29 is 4.79 Å². The van der Waals surface area contributed by atoms with Crippen molar-refractivity contribution in [2.24, 2.45) is 10.2 Å². The Balaban J connectivity index is 1.99. The summed E-state index contributed by atoms with van der Waals surface area (Å²) >= 11 is 7.23. The zero-order chi connectivity index (χ0) is 16.9. The fourth-order valence-corrected chi connectivity index (χ4v) is 3.05. The molecular weight excluding hydrogens is 344 g/mol. The molecule has 0 aliphatic heterocycles. The van der Waals surface area contributed by atoms with Crippen molar-refractivity contribution >= 4 is 44.7 Å². The number of benzene rings is 2. The van der Waals surface area contributed by atoms with Gasteiger partial charge in [-0.05, 0) is 18.2 Å². The van der Waals surface area contributed by atoms with Crippen molar-refractivity contribution in [3.63, 3.8) is 0 Å². The summed E-state index contributed by atoms with van der Waals surface area (Å²) < 4.78 is 0. The summed E-state index contributed by atoms with van der Waals surface area (Å²) in [6.45, 7) is 1.44. The number of amides is 1. The zero-order valence-electron chi connectivity index (χ0n) is 12.7. The van der Waals surface area contributed by atoms with Crippen molar-refractivity contribution in [1.29, 1.82) is 0 Å². The quantitative estimate of drug-likeness (QED) is 0.597. The van der Waals surface area contributed by atoms with Crippen LogP contribution in [0.4, 0.5) is 15.8 Å². The molecule has 0 aliphatic rings. The highest BCUT2D eigenvalue weighted by atomic mass is 35.5. The molecular formula is C17H13ClN4OS. The number of halogens is 1. The van der Waals surface area contributed by atoms with E-state index in [-0.39, 0.29) is 5.91 Å². The molecule has 0 saturated heterocycles. The average molecular weight is 357 g/mol. The minimum absolute atomic E-state index is 0.179. The van der Waals surface area contributed by atoms with Gasteiger partial charge in [-0.3, -0.25) is 4.79 Å². The van der Waals surface area contributed by atoms with Crippen LogP contribution >= 0.6 is 22.9 Å². The van der Waals surface area contributed by atoms with Crippen LogP contribution in [0.5, 0.6) is 0 Å². The van der Waals surface area contributed by atoms with E-state index in [0.29, 0.717) is 26.5 Å². The van der Waals surface area contributed by atoms with Crippen LogP contribution in [0.25, 0.3) is 11.3 Å². The number of hydrogen-bond donors (Lipinski definition) is 1. The van der Waals surface area contributed by atoms with Crippen molar-refractivity contribution in [3.8, 4) is 11.3 Å². The van der Waals surface area contributed by atoms with Gasteiger partial charge in [-0.2, -0.15) is 0 Å². The number of hydrogen-bond acceptors (Lipinski definition) is 5.